The van der Waals surface area contributed by atoms with Crippen molar-refractivity contribution in [2.45, 2.75) is 12.8 Å². The van der Waals surface area contributed by atoms with Crippen molar-refractivity contribution in [3.05, 3.63) is 73.6 Å². The van der Waals surface area contributed by atoms with Crippen molar-refractivity contribution in [3.63, 3.8) is 0 Å². The number of halogens is 1. The summed E-state index contributed by atoms with van der Waals surface area (Å²) in [5.41, 5.74) is 1.33. The van der Waals surface area contributed by atoms with Gasteiger partial charge in [0.2, 0.25) is 5.91 Å². The number of carbonyl (C=O) groups is 2. The average Bonchev–Trinajstić information content (AvgIpc) is 2.95. The van der Waals surface area contributed by atoms with Crippen LogP contribution in [0.15, 0.2) is 57.9 Å². The molecule has 30 heavy (non-hydrogen) atoms. The van der Waals surface area contributed by atoms with E-state index >= 15 is 0 Å². The molecule has 2 aromatic rings. The summed E-state index contributed by atoms with van der Waals surface area (Å²) in [4.78, 5) is 37.0. The smallest absolute Gasteiger partial charge is 0.269 e. The molecule has 0 aromatic heterocycles. The molecule has 2 aromatic carbocycles. The van der Waals surface area contributed by atoms with Gasteiger partial charge in [0.05, 0.1) is 9.83 Å². The average molecular weight is 506 g/mol. The highest BCUT2D eigenvalue weighted by Gasteiger charge is 2.31. The number of hydrogen-bond donors (Lipinski definition) is 1. The fourth-order valence-electron chi connectivity index (χ4n) is 2.73. The molecular weight excluding hydrogens is 490 g/mol. The van der Waals surface area contributed by atoms with Crippen molar-refractivity contribution in [3.8, 4) is 0 Å². The van der Waals surface area contributed by atoms with Gasteiger partial charge in [-0.15, -0.1) is 0 Å². The summed E-state index contributed by atoms with van der Waals surface area (Å²) in [7, 11) is 0. The molecule has 0 radical (unpaired) electrons. The standard InChI is InChI=1S/C20H16BrN3O4S2/c21-14-4-1-3-13(11-14)12-17-19(26)23(20(29)30-17)10-2-5-18(25)22-15-6-8-16(9-7-15)24(27)28/h1,3-4,6-9,11-12H,2,5,10H2,(H,22,25)/b17-12-. The highest BCUT2D eigenvalue weighted by molar-refractivity contribution is 9.10. The lowest BCUT2D eigenvalue weighted by atomic mass is 10.2. The van der Waals surface area contributed by atoms with Crippen molar-refractivity contribution in [2.24, 2.45) is 0 Å². The maximum Gasteiger partial charge on any atom is 0.269 e. The van der Waals surface area contributed by atoms with Crippen LogP contribution < -0.4 is 5.32 Å². The van der Waals surface area contributed by atoms with E-state index in [1.54, 1.807) is 6.08 Å². The van der Waals surface area contributed by atoms with E-state index in [0.29, 0.717) is 27.9 Å². The van der Waals surface area contributed by atoms with Crippen LogP contribution in [0.1, 0.15) is 18.4 Å². The predicted octanol–water partition coefficient (Wildman–Crippen LogP) is 4.98. The minimum absolute atomic E-state index is 0.0433. The summed E-state index contributed by atoms with van der Waals surface area (Å²) in [6.07, 6.45) is 2.43. The van der Waals surface area contributed by atoms with Crippen LogP contribution in [0.25, 0.3) is 6.08 Å². The van der Waals surface area contributed by atoms with Gasteiger partial charge in [0.15, 0.2) is 0 Å². The topological polar surface area (TPSA) is 92.6 Å². The summed E-state index contributed by atoms with van der Waals surface area (Å²) in [6, 6.07) is 13.2. The molecule has 0 aliphatic carbocycles. The van der Waals surface area contributed by atoms with Gasteiger partial charge in [0.1, 0.15) is 4.32 Å². The van der Waals surface area contributed by atoms with Gasteiger partial charge in [0, 0.05) is 35.3 Å². The molecule has 0 bridgehead atoms. The normalized spacial score (nSPS) is 15.0. The number of carbonyl (C=O) groups excluding carboxylic acids is 2. The first-order chi connectivity index (χ1) is 14.3. The van der Waals surface area contributed by atoms with E-state index in [1.165, 1.54) is 40.9 Å². The zero-order chi connectivity index (χ0) is 21.7. The first-order valence-corrected chi connectivity index (χ1v) is 10.9. The second kappa shape index (κ2) is 9.96. The van der Waals surface area contributed by atoms with Gasteiger partial charge in [0.25, 0.3) is 11.6 Å². The molecule has 1 aliphatic heterocycles. The Balaban J connectivity index is 1.51. The van der Waals surface area contributed by atoms with Gasteiger partial charge >= 0.3 is 0 Å². The van der Waals surface area contributed by atoms with Gasteiger partial charge in [-0.2, -0.15) is 0 Å². The van der Waals surface area contributed by atoms with Crippen molar-refractivity contribution in [2.75, 3.05) is 11.9 Å². The lowest BCUT2D eigenvalue weighted by Gasteiger charge is -2.14. The van der Waals surface area contributed by atoms with Crippen LogP contribution in [0.2, 0.25) is 0 Å². The molecule has 1 N–H and O–H groups in total. The molecule has 1 saturated heterocycles. The van der Waals surface area contributed by atoms with E-state index in [2.05, 4.69) is 21.2 Å². The molecular formula is C20H16BrN3O4S2. The molecule has 0 spiro atoms. The summed E-state index contributed by atoms with van der Waals surface area (Å²) < 4.78 is 1.39. The first kappa shape index (κ1) is 22.1. The van der Waals surface area contributed by atoms with Crippen LogP contribution in [-0.4, -0.2) is 32.5 Å². The number of benzene rings is 2. The monoisotopic (exact) mass is 505 g/mol. The summed E-state index contributed by atoms with van der Waals surface area (Å²) in [5.74, 6) is -0.403. The van der Waals surface area contributed by atoms with Gasteiger partial charge in [-0.05, 0) is 42.3 Å². The molecule has 2 amide bonds. The predicted molar refractivity (Wildman–Crippen MR) is 125 cm³/mol. The Morgan fingerprint density at radius 1 is 1.27 bits per heavy atom. The molecule has 0 atom stereocenters. The number of nitro benzene ring substituents is 1. The van der Waals surface area contributed by atoms with E-state index in [-0.39, 0.29) is 23.9 Å². The Kier molecular flexibility index (Phi) is 7.35. The van der Waals surface area contributed by atoms with Crippen LogP contribution in [0.5, 0.6) is 0 Å². The second-order valence-corrected chi connectivity index (χ2v) is 8.94. The highest BCUT2D eigenvalue weighted by Crippen LogP contribution is 2.33. The molecule has 0 saturated carbocycles. The van der Waals surface area contributed by atoms with Crippen LogP contribution in [0.3, 0.4) is 0 Å². The molecule has 3 rings (SSSR count). The van der Waals surface area contributed by atoms with E-state index in [1.807, 2.05) is 24.3 Å². The number of rotatable bonds is 7. The van der Waals surface area contributed by atoms with Crippen LogP contribution in [0, 0.1) is 10.1 Å². The molecule has 0 unspecified atom stereocenters. The Morgan fingerprint density at radius 2 is 2.00 bits per heavy atom. The lowest BCUT2D eigenvalue weighted by Crippen LogP contribution is -2.29. The van der Waals surface area contributed by atoms with Crippen molar-refractivity contribution in [1.29, 1.82) is 0 Å². The number of amides is 2. The Morgan fingerprint density at radius 3 is 2.67 bits per heavy atom. The number of nitro groups is 1. The molecule has 1 heterocycles. The number of nitrogens with zero attached hydrogens (tertiary/aromatic N) is 2. The van der Waals surface area contributed by atoms with Crippen LogP contribution in [0.4, 0.5) is 11.4 Å². The van der Waals surface area contributed by atoms with Gasteiger partial charge < -0.3 is 5.32 Å². The largest absolute Gasteiger partial charge is 0.326 e. The maximum absolute atomic E-state index is 12.6. The van der Waals surface area contributed by atoms with Gasteiger partial charge in [-0.3, -0.25) is 24.6 Å². The first-order valence-electron chi connectivity index (χ1n) is 8.89. The second-order valence-electron chi connectivity index (χ2n) is 6.34. The van der Waals surface area contributed by atoms with Crippen molar-refractivity contribution >= 4 is 73.5 Å². The zero-order valence-electron chi connectivity index (χ0n) is 15.5. The minimum Gasteiger partial charge on any atom is -0.326 e. The number of hydrogen-bond acceptors (Lipinski definition) is 6. The molecule has 7 nitrogen and oxygen atoms in total. The summed E-state index contributed by atoms with van der Waals surface area (Å²) >= 11 is 9.97. The number of thioether (sulfide) groups is 1. The third-order valence-electron chi connectivity index (χ3n) is 4.17. The molecule has 154 valence electrons. The summed E-state index contributed by atoms with van der Waals surface area (Å²) in [6.45, 7) is 0.341. The lowest BCUT2D eigenvalue weighted by molar-refractivity contribution is -0.384. The number of thiocarbonyl (C=S) groups is 1. The highest BCUT2D eigenvalue weighted by atomic mass is 79.9. The summed E-state index contributed by atoms with van der Waals surface area (Å²) in [5, 5.41) is 13.3. The fraction of sp³-hybridized carbons (Fsp3) is 0.150. The Bertz CT molecular complexity index is 1040. The Labute approximate surface area is 190 Å². The van der Waals surface area contributed by atoms with Crippen LogP contribution >= 0.6 is 39.9 Å². The quantitative estimate of drug-likeness (QED) is 0.247. The van der Waals surface area contributed by atoms with E-state index in [0.717, 1.165) is 10.0 Å². The minimum atomic E-state index is -0.501. The van der Waals surface area contributed by atoms with E-state index < -0.39 is 4.92 Å². The molecule has 10 heteroatoms. The van der Waals surface area contributed by atoms with E-state index in [9.17, 15) is 19.7 Å². The number of non-ortho nitro benzene ring substituents is 1. The number of nitrogens with one attached hydrogen (secondary N) is 1. The third kappa shape index (κ3) is 5.74. The zero-order valence-corrected chi connectivity index (χ0v) is 18.8. The van der Waals surface area contributed by atoms with Gasteiger partial charge in [-0.1, -0.05) is 52.0 Å². The van der Waals surface area contributed by atoms with Crippen LogP contribution in [-0.2, 0) is 9.59 Å². The molecule has 1 fully saturated rings. The van der Waals surface area contributed by atoms with Crippen molar-refractivity contribution in [1.82, 2.24) is 4.90 Å². The Hall–Kier alpha value is -2.56. The maximum atomic E-state index is 12.6. The fourth-order valence-corrected chi connectivity index (χ4v) is 4.45. The molecule has 1 aliphatic rings. The number of anilines is 1. The van der Waals surface area contributed by atoms with E-state index in [4.69, 9.17) is 12.2 Å². The van der Waals surface area contributed by atoms with Crippen molar-refractivity contribution < 1.29 is 14.5 Å². The third-order valence-corrected chi connectivity index (χ3v) is 6.04. The van der Waals surface area contributed by atoms with Gasteiger partial charge in [-0.25, -0.2) is 0 Å². The SMILES string of the molecule is O=C(CCCN1C(=O)/C(=C/c2cccc(Br)c2)SC1=S)Nc1ccc([N+](=O)[O-])cc1.